The summed E-state index contributed by atoms with van der Waals surface area (Å²) in [6.07, 6.45) is 18.1. The molecule has 0 aromatic carbocycles. The number of imidazole rings is 1. The molecular weight excluding hydrogens is 396 g/mol. The van der Waals surface area contributed by atoms with Crippen LogP contribution in [0.5, 0.6) is 0 Å². The summed E-state index contributed by atoms with van der Waals surface area (Å²) in [7, 11) is 0. The van der Waals surface area contributed by atoms with Gasteiger partial charge in [0.05, 0.1) is 12.9 Å². The van der Waals surface area contributed by atoms with E-state index in [1.807, 2.05) is 10.8 Å². The Morgan fingerprint density at radius 2 is 1.91 bits per heavy atom. The summed E-state index contributed by atoms with van der Waals surface area (Å²) in [6.45, 7) is 2.92. The van der Waals surface area contributed by atoms with Gasteiger partial charge in [0.15, 0.2) is 5.78 Å². The highest BCUT2D eigenvalue weighted by Gasteiger charge is 2.58. The maximum atomic E-state index is 13.3. The number of aromatic nitrogens is 2. The Hall–Kier alpha value is -1.60. The minimum atomic E-state index is -0.724. The summed E-state index contributed by atoms with van der Waals surface area (Å²) in [5, 5.41) is 11.2. The van der Waals surface area contributed by atoms with Crippen molar-refractivity contribution in [1.29, 1.82) is 0 Å². The van der Waals surface area contributed by atoms with Crippen LogP contribution in [0.1, 0.15) is 77.6 Å². The van der Waals surface area contributed by atoms with Crippen molar-refractivity contribution in [2.45, 2.75) is 89.7 Å². The molecule has 4 heteroatoms. The van der Waals surface area contributed by atoms with Crippen LogP contribution in [0.4, 0.5) is 0 Å². The molecule has 1 heterocycles. The van der Waals surface area contributed by atoms with Crippen molar-refractivity contribution >= 4 is 5.78 Å². The fourth-order valence-electron chi connectivity index (χ4n) is 8.66. The molecule has 5 aliphatic carbocycles. The van der Waals surface area contributed by atoms with Gasteiger partial charge in [-0.3, -0.25) is 4.79 Å². The van der Waals surface area contributed by atoms with E-state index >= 15 is 0 Å². The summed E-state index contributed by atoms with van der Waals surface area (Å²) in [5.74, 6) is 11.5. The van der Waals surface area contributed by atoms with Crippen LogP contribution in [0.25, 0.3) is 0 Å². The van der Waals surface area contributed by atoms with Crippen LogP contribution in [0, 0.1) is 58.7 Å². The highest BCUT2D eigenvalue weighted by atomic mass is 16.3. The second-order valence-corrected chi connectivity index (χ2v) is 12.1. The zero-order valence-corrected chi connectivity index (χ0v) is 19.5. The monoisotopic (exact) mass is 434 g/mol. The number of hydrogen-bond donors (Lipinski definition) is 1. The fourth-order valence-corrected chi connectivity index (χ4v) is 8.66. The maximum Gasteiger partial charge on any atom is 0.156 e. The van der Waals surface area contributed by atoms with Crippen LogP contribution in [0.15, 0.2) is 18.7 Å². The molecule has 5 aliphatic rings. The highest BCUT2D eigenvalue weighted by Crippen LogP contribution is 2.64. The number of aliphatic hydroxyl groups is 1. The molecule has 5 fully saturated rings. The third-order valence-electron chi connectivity index (χ3n) is 10.4. The van der Waals surface area contributed by atoms with Crippen LogP contribution < -0.4 is 0 Å². The zero-order chi connectivity index (χ0) is 21.9. The minimum absolute atomic E-state index is 0.177. The van der Waals surface area contributed by atoms with Crippen molar-refractivity contribution in [2.24, 2.45) is 46.8 Å². The molecular formula is C28H38N2O2. The van der Waals surface area contributed by atoms with Gasteiger partial charge in [0.1, 0.15) is 5.60 Å². The largest absolute Gasteiger partial charge is 0.378 e. The molecule has 4 nitrogen and oxygen atoms in total. The predicted molar refractivity (Wildman–Crippen MR) is 123 cm³/mol. The molecule has 1 aromatic heterocycles. The average Bonchev–Trinajstić information content (AvgIpc) is 3.34. The van der Waals surface area contributed by atoms with Gasteiger partial charge in [0, 0.05) is 24.2 Å². The minimum Gasteiger partial charge on any atom is -0.378 e. The van der Waals surface area contributed by atoms with Gasteiger partial charge in [-0.15, -0.1) is 0 Å². The van der Waals surface area contributed by atoms with Gasteiger partial charge in [-0.25, -0.2) is 4.98 Å². The molecule has 1 aromatic rings. The molecule has 0 amide bonds. The lowest BCUT2D eigenvalue weighted by Crippen LogP contribution is -2.51. The summed E-state index contributed by atoms with van der Waals surface area (Å²) >= 11 is 0. The highest BCUT2D eigenvalue weighted by molar-refractivity contribution is 5.82. The van der Waals surface area contributed by atoms with E-state index in [1.54, 1.807) is 12.5 Å². The number of ketones is 1. The summed E-state index contributed by atoms with van der Waals surface area (Å²) in [4.78, 5) is 17.4. The Kier molecular flexibility index (Phi) is 5.06. The molecule has 172 valence electrons. The van der Waals surface area contributed by atoms with E-state index in [1.165, 1.54) is 44.9 Å². The van der Waals surface area contributed by atoms with Gasteiger partial charge in [-0.05, 0) is 106 Å². The zero-order valence-electron chi connectivity index (χ0n) is 19.5. The van der Waals surface area contributed by atoms with E-state index in [0.717, 1.165) is 43.4 Å². The normalized spacial score (nSPS) is 45.2. The third kappa shape index (κ3) is 3.56. The number of fused-ring (bicyclic) bond motifs is 5. The number of Topliss-reactive ketones (excluding diaryl/α,β-unsaturated/α-hetero) is 1. The Morgan fingerprint density at radius 1 is 1.06 bits per heavy atom. The van der Waals surface area contributed by atoms with Crippen LogP contribution in [0.2, 0.25) is 0 Å². The average molecular weight is 435 g/mol. The summed E-state index contributed by atoms with van der Waals surface area (Å²) in [6, 6.07) is 0. The molecule has 6 rings (SSSR count). The van der Waals surface area contributed by atoms with Crippen molar-refractivity contribution in [3.05, 3.63) is 18.7 Å². The number of carbonyl (C=O) groups excluding carboxylic acids is 1. The molecule has 8 unspecified atom stereocenters. The van der Waals surface area contributed by atoms with E-state index in [9.17, 15) is 9.90 Å². The van der Waals surface area contributed by atoms with Crippen molar-refractivity contribution < 1.29 is 9.90 Å². The van der Waals surface area contributed by atoms with E-state index in [2.05, 4.69) is 23.7 Å². The van der Waals surface area contributed by atoms with E-state index < -0.39 is 5.60 Å². The maximum absolute atomic E-state index is 13.3. The quantitative estimate of drug-likeness (QED) is 0.691. The Balaban J connectivity index is 1.15. The fraction of sp³-hybridized carbons (Fsp3) is 0.786. The SMILES string of the molecule is CC12CCC3C4CCC(O)(C#CC5CC5)CC4CCC3C1CCC2C(=O)Cn1ccnc1. The molecule has 1 N–H and O–H groups in total. The Morgan fingerprint density at radius 3 is 2.69 bits per heavy atom. The number of rotatable bonds is 3. The first-order valence-electron chi connectivity index (χ1n) is 13.2. The van der Waals surface area contributed by atoms with Crippen molar-refractivity contribution in [1.82, 2.24) is 9.55 Å². The van der Waals surface area contributed by atoms with E-state index in [4.69, 9.17) is 0 Å². The lowest BCUT2D eigenvalue weighted by molar-refractivity contribution is -0.132. The lowest BCUT2D eigenvalue weighted by atomic mass is 9.49. The Bertz CT molecular complexity index is 925. The molecule has 5 saturated carbocycles. The molecule has 0 spiro atoms. The topological polar surface area (TPSA) is 55.1 Å². The van der Waals surface area contributed by atoms with Crippen LogP contribution in [0.3, 0.4) is 0 Å². The number of hydrogen-bond acceptors (Lipinski definition) is 3. The second kappa shape index (κ2) is 7.73. The van der Waals surface area contributed by atoms with Gasteiger partial charge in [-0.1, -0.05) is 18.8 Å². The molecule has 32 heavy (non-hydrogen) atoms. The van der Waals surface area contributed by atoms with Gasteiger partial charge < -0.3 is 9.67 Å². The van der Waals surface area contributed by atoms with E-state index in [-0.39, 0.29) is 11.3 Å². The first kappa shape index (κ1) is 21.0. The molecule has 8 atom stereocenters. The second-order valence-electron chi connectivity index (χ2n) is 12.1. The summed E-state index contributed by atoms with van der Waals surface area (Å²) < 4.78 is 1.94. The number of nitrogens with zero attached hydrogens (tertiary/aromatic N) is 2. The van der Waals surface area contributed by atoms with Gasteiger partial charge >= 0.3 is 0 Å². The van der Waals surface area contributed by atoms with Gasteiger partial charge in [0.25, 0.3) is 0 Å². The lowest BCUT2D eigenvalue weighted by Gasteiger charge is -2.56. The summed E-state index contributed by atoms with van der Waals surface area (Å²) in [5.41, 5.74) is -0.547. The standard InChI is InChI=1S/C28H38N2O2/c1-27-11-9-22-21-10-13-28(32,12-8-19-2-3-19)16-20(21)4-5-23(22)24(27)6-7-25(27)26(31)17-30-15-14-29-18-30/h14-15,18-25,32H,2-7,9-11,13,16-17H2,1H3. The first-order valence-corrected chi connectivity index (χ1v) is 13.2. The van der Waals surface area contributed by atoms with Crippen molar-refractivity contribution in [2.75, 3.05) is 0 Å². The van der Waals surface area contributed by atoms with Crippen LogP contribution in [-0.4, -0.2) is 26.0 Å². The van der Waals surface area contributed by atoms with Gasteiger partial charge in [0.2, 0.25) is 0 Å². The Labute approximate surface area is 192 Å². The molecule has 0 saturated heterocycles. The van der Waals surface area contributed by atoms with Gasteiger partial charge in [-0.2, -0.15) is 0 Å². The van der Waals surface area contributed by atoms with Crippen LogP contribution in [-0.2, 0) is 11.3 Å². The van der Waals surface area contributed by atoms with E-state index in [0.29, 0.717) is 30.1 Å². The molecule has 0 aliphatic heterocycles. The molecule has 0 radical (unpaired) electrons. The third-order valence-corrected chi connectivity index (χ3v) is 10.4. The first-order chi connectivity index (χ1) is 15.5. The smallest absolute Gasteiger partial charge is 0.156 e. The van der Waals surface area contributed by atoms with Crippen molar-refractivity contribution in [3.8, 4) is 11.8 Å². The molecule has 0 bridgehead atoms. The van der Waals surface area contributed by atoms with Crippen LogP contribution >= 0.6 is 0 Å². The number of carbonyl (C=O) groups is 1. The van der Waals surface area contributed by atoms with Crippen molar-refractivity contribution in [3.63, 3.8) is 0 Å². The predicted octanol–water partition coefficient (Wildman–Crippen LogP) is 4.87.